The molecule has 1 aliphatic carbocycles. The molecule has 1 fully saturated rings. The van der Waals surface area contributed by atoms with Crippen molar-refractivity contribution >= 4 is 40.7 Å². The lowest BCUT2D eigenvalue weighted by Crippen LogP contribution is -2.39. The Labute approximate surface area is 249 Å². The van der Waals surface area contributed by atoms with Gasteiger partial charge in [-0.1, -0.05) is 23.2 Å². The maximum Gasteiger partial charge on any atom is 0.461 e. The van der Waals surface area contributed by atoms with E-state index in [-0.39, 0.29) is 44.5 Å². The number of aryl methyl sites for hydroxylation is 1. The number of nitrogens with one attached hydrogen (secondary N) is 2. The molecule has 0 bridgehead atoms. The highest BCUT2D eigenvalue weighted by Crippen LogP contribution is 2.42. The van der Waals surface area contributed by atoms with Crippen LogP contribution in [0.4, 0.5) is 27.6 Å². The van der Waals surface area contributed by atoms with Crippen molar-refractivity contribution in [2.45, 2.75) is 50.9 Å². The molecule has 0 aliphatic heterocycles. The van der Waals surface area contributed by atoms with Crippen LogP contribution in [-0.2, 0) is 12.5 Å². The molecule has 18 heteroatoms. The summed E-state index contributed by atoms with van der Waals surface area (Å²) in [6.07, 6.45) is -1.91. The van der Waals surface area contributed by atoms with E-state index in [9.17, 15) is 31.5 Å². The normalized spacial score (nSPS) is 14.0. The van der Waals surface area contributed by atoms with Crippen LogP contribution in [0.3, 0.4) is 0 Å². The topological polar surface area (TPSA) is 133 Å². The minimum Gasteiger partial charge on any atom is -0.349 e. The van der Waals surface area contributed by atoms with Gasteiger partial charge in [0.05, 0.1) is 22.0 Å². The van der Waals surface area contributed by atoms with Gasteiger partial charge in [-0.15, -0.1) is 10.2 Å². The van der Waals surface area contributed by atoms with Gasteiger partial charge < -0.3 is 10.6 Å². The molecule has 5 rings (SSSR count). The molecule has 1 aromatic carbocycles. The van der Waals surface area contributed by atoms with Crippen molar-refractivity contribution in [2.75, 3.05) is 5.32 Å². The number of anilines is 1. The number of benzene rings is 1. The van der Waals surface area contributed by atoms with Crippen LogP contribution >= 0.6 is 23.2 Å². The second-order valence-electron chi connectivity index (χ2n) is 9.66. The molecule has 1 aliphatic rings. The zero-order valence-corrected chi connectivity index (χ0v) is 23.5. The fourth-order valence-corrected chi connectivity index (χ4v) is 4.63. The van der Waals surface area contributed by atoms with Gasteiger partial charge in [-0.05, 0) is 67.3 Å². The lowest BCUT2D eigenvalue weighted by Gasteiger charge is -2.27. The number of alkyl halides is 5. The number of amides is 2. The second-order valence-corrected chi connectivity index (χ2v) is 10.5. The van der Waals surface area contributed by atoms with Crippen LogP contribution in [-0.4, -0.2) is 59.0 Å². The van der Waals surface area contributed by atoms with Crippen LogP contribution in [0, 0.1) is 6.92 Å². The van der Waals surface area contributed by atoms with Crippen LogP contribution < -0.4 is 10.6 Å². The van der Waals surface area contributed by atoms with E-state index < -0.39 is 36.3 Å². The molecule has 0 atom stereocenters. The minimum atomic E-state index is -5.93. The summed E-state index contributed by atoms with van der Waals surface area (Å²) in [4.78, 5) is 31.3. The monoisotopic (exact) mass is 643 g/mol. The van der Waals surface area contributed by atoms with Gasteiger partial charge in [-0.2, -0.15) is 31.8 Å². The first-order chi connectivity index (χ1) is 20.2. The summed E-state index contributed by atoms with van der Waals surface area (Å²) in [6.45, 7) is 1.10. The van der Waals surface area contributed by atoms with Crippen molar-refractivity contribution in [1.29, 1.82) is 0 Å². The molecule has 11 nitrogen and oxygen atoms in total. The van der Waals surface area contributed by atoms with E-state index in [1.807, 2.05) is 0 Å². The molecule has 0 radical (unpaired) electrons. The van der Waals surface area contributed by atoms with Crippen molar-refractivity contribution < 1.29 is 31.5 Å². The number of carbonyl (C=O) groups is 2. The Balaban J connectivity index is 1.49. The summed E-state index contributed by atoms with van der Waals surface area (Å²) in [6, 6.07) is 7.20. The Morgan fingerprint density at radius 2 is 1.81 bits per heavy atom. The van der Waals surface area contributed by atoms with Gasteiger partial charge in [0.1, 0.15) is 12.2 Å². The zero-order chi connectivity index (χ0) is 31.1. The minimum absolute atomic E-state index is 0.00666. The molecule has 3 aromatic heterocycles. The van der Waals surface area contributed by atoms with Crippen LogP contribution in [0.1, 0.15) is 57.2 Å². The van der Waals surface area contributed by atoms with Crippen molar-refractivity contribution in [3.63, 3.8) is 0 Å². The SMILES string of the molecule is Cc1cc(Cl)cc(C(=O)NC2CCC2)c1NC(=O)c1cc(Cn2nnc(C(F)(F)C(F)(F)F)n2)nn1-c1ncccc1Cl. The van der Waals surface area contributed by atoms with Gasteiger partial charge in [0, 0.05) is 17.3 Å². The number of halogens is 7. The molecule has 0 saturated heterocycles. The smallest absolute Gasteiger partial charge is 0.349 e. The van der Waals surface area contributed by atoms with Gasteiger partial charge >= 0.3 is 12.1 Å². The second kappa shape index (κ2) is 11.5. The average molecular weight is 644 g/mol. The Bertz CT molecular complexity index is 1700. The molecule has 1 saturated carbocycles. The number of tetrazole rings is 1. The predicted molar refractivity (Wildman–Crippen MR) is 142 cm³/mol. The Morgan fingerprint density at radius 1 is 1.07 bits per heavy atom. The van der Waals surface area contributed by atoms with Gasteiger partial charge in [0.2, 0.25) is 0 Å². The highest BCUT2D eigenvalue weighted by molar-refractivity contribution is 6.32. The van der Waals surface area contributed by atoms with E-state index in [4.69, 9.17) is 23.2 Å². The summed E-state index contributed by atoms with van der Waals surface area (Å²) in [7, 11) is 0. The highest BCUT2D eigenvalue weighted by atomic mass is 35.5. The fraction of sp³-hybridized carbons (Fsp3) is 0.320. The van der Waals surface area contributed by atoms with Gasteiger partial charge in [0.25, 0.3) is 17.6 Å². The molecule has 2 N–H and O–H groups in total. The van der Waals surface area contributed by atoms with E-state index in [1.54, 1.807) is 13.0 Å². The first-order valence-corrected chi connectivity index (χ1v) is 13.3. The van der Waals surface area contributed by atoms with Crippen molar-refractivity contribution in [1.82, 2.24) is 40.3 Å². The Morgan fingerprint density at radius 3 is 2.47 bits per heavy atom. The summed E-state index contributed by atoms with van der Waals surface area (Å²) >= 11 is 12.5. The third kappa shape index (κ3) is 6.15. The largest absolute Gasteiger partial charge is 0.461 e. The third-order valence-electron chi connectivity index (χ3n) is 6.55. The van der Waals surface area contributed by atoms with E-state index in [0.29, 0.717) is 10.4 Å². The number of aromatic nitrogens is 7. The quantitative estimate of drug-likeness (QED) is 0.255. The molecular weight excluding hydrogens is 624 g/mol. The van der Waals surface area contributed by atoms with Gasteiger partial charge in [0.15, 0.2) is 5.82 Å². The number of hydrogen-bond acceptors (Lipinski definition) is 7. The molecular formula is C25H20Cl2F5N9O2. The zero-order valence-electron chi connectivity index (χ0n) is 22.0. The Kier molecular flexibility index (Phi) is 8.09. The Hall–Kier alpha value is -4.18. The maximum atomic E-state index is 13.7. The number of nitrogens with zero attached hydrogens (tertiary/aromatic N) is 7. The van der Waals surface area contributed by atoms with Crippen LogP contribution in [0.5, 0.6) is 0 Å². The first kappa shape index (κ1) is 30.3. The summed E-state index contributed by atoms with van der Waals surface area (Å²) in [5.74, 6) is -8.39. The van der Waals surface area contributed by atoms with E-state index in [0.717, 1.165) is 23.9 Å². The molecule has 43 heavy (non-hydrogen) atoms. The summed E-state index contributed by atoms with van der Waals surface area (Å²) in [5, 5.41) is 19.4. The molecule has 0 unspecified atom stereocenters. The molecule has 0 spiro atoms. The van der Waals surface area contributed by atoms with Gasteiger partial charge in [-0.3, -0.25) is 9.59 Å². The molecule has 3 heterocycles. The lowest BCUT2D eigenvalue weighted by molar-refractivity contribution is -0.292. The lowest BCUT2D eigenvalue weighted by atomic mass is 9.92. The standard InChI is InChI=1S/C25H20Cl2F5N9O2/c1-12-8-13(26)9-16(21(42)34-14-4-2-5-14)19(12)35-22(43)18-10-15(37-41(18)20-17(27)6-3-7-33-20)11-40-38-23(36-39-40)24(28,29)25(30,31)32/h3,6-10,14H,2,4-5,11H2,1H3,(H,34,42)(H,35,43). The van der Waals surface area contributed by atoms with E-state index in [2.05, 4.69) is 36.1 Å². The summed E-state index contributed by atoms with van der Waals surface area (Å²) in [5.41, 5.74) is 0.562. The van der Waals surface area contributed by atoms with E-state index in [1.165, 1.54) is 30.5 Å². The fourth-order valence-electron chi connectivity index (χ4n) is 4.15. The van der Waals surface area contributed by atoms with Crippen molar-refractivity contribution in [3.05, 3.63) is 74.9 Å². The molecule has 226 valence electrons. The van der Waals surface area contributed by atoms with Gasteiger partial charge in [-0.25, -0.2) is 9.67 Å². The van der Waals surface area contributed by atoms with Crippen LogP contribution in [0.25, 0.3) is 5.82 Å². The van der Waals surface area contributed by atoms with Crippen molar-refractivity contribution in [3.8, 4) is 5.82 Å². The number of carbonyl (C=O) groups excluding carboxylic acids is 2. The predicted octanol–water partition coefficient (Wildman–Crippen LogP) is 5.11. The summed E-state index contributed by atoms with van der Waals surface area (Å²) < 4.78 is 66.6. The maximum absolute atomic E-state index is 13.7. The van der Waals surface area contributed by atoms with Crippen LogP contribution in [0.2, 0.25) is 10.0 Å². The highest BCUT2D eigenvalue weighted by Gasteiger charge is 2.62. The molecule has 2 amide bonds. The van der Waals surface area contributed by atoms with Crippen LogP contribution in [0.15, 0.2) is 36.5 Å². The average Bonchev–Trinajstić information content (AvgIpc) is 3.55. The third-order valence-corrected chi connectivity index (χ3v) is 7.06. The number of rotatable bonds is 8. The first-order valence-electron chi connectivity index (χ1n) is 12.6. The molecule has 4 aromatic rings. The van der Waals surface area contributed by atoms with Crippen molar-refractivity contribution in [2.24, 2.45) is 0 Å². The number of pyridine rings is 1. The van der Waals surface area contributed by atoms with E-state index >= 15 is 0 Å². The number of hydrogen-bond donors (Lipinski definition) is 2.